The fourth-order valence-electron chi connectivity index (χ4n) is 1.36. The summed E-state index contributed by atoms with van der Waals surface area (Å²) in [5, 5.41) is 3.48. The average Bonchev–Trinajstić information content (AvgIpc) is 2.84. The van der Waals surface area contributed by atoms with Gasteiger partial charge in [-0.25, -0.2) is 0 Å². The van der Waals surface area contributed by atoms with E-state index in [2.05, 4.69) is 46.4 Å². The monoisotopic (exact) mass is 335 g/mol. The van der Waals surface area contributed by atoms with Crippen molar-refractivity contribution in [3.63, 3.8) is 0 Å². The first-order valence-electron chi connectivity index (χ1n) is 4.88. The maximum Gasteiger partial charge on any atom is 0.0931 e. The van der Waals surface area contributed by atoms with Crippen molar-refractivity contribution in [1.82, 2.24) is 5.32 Å². The minimum absolute atomic E-state index is 0.372. The molecule has 0 radical (unpaired) electrons. The van der Waals surface area contributed by atoms with Crippen LogP contribution >= 0.6 is 50.2 Å². The van der Waals surface area contributed by atoms with Crippen LogP contribution in [0.3, 0.4) is 0 Å². The Bertz CT molecular complexity index is 466. The van der Waals surface area contributed by atoms with Gasteiger partial charge >= 0.3 is 0 Å². The third-order valence-electron chi connectivity index (χ3n) is 2.23. The second-order valence-electron chi connectivity index (χ2n) is 3.45. The van der Waals surface area contributed by atoms with Crippen LogP contribution in [0.25, 0.3) is 0 Å². The fourth-order valence-corrected chi connectivity index (χ4v) is 3.85. The molecule has 86 valence electrons. The molecule has 2 aromatic rings. The molecule has 0 spiro atoms. The van der Waals surface area contributed by atoms with Crippen LogP contribution in [0, 0.1) is 0 Å². The van der Waals surface area contributed by atoms with Gasteiger partial charge in [-0.15, -0.1) is 22.7 Å². The zero-order chi connectivity index (χ0) is 11.5. The predicted molar refractivity (Wildman–Crippen MR) is 76.6 cm³/mol. The topological polar surface area (TPSA) is 12.0 Å². The highest BCUT2D eigenvalue weighted by Crippen LogP contribution is 2.28. The third kappa shape index (κ3) is 3.31. The Morgan fingerprint density at radius 1 is 1.31 bits per heavy atom. The van der Waals surface area contributed by atoms with E-state index in [4.69, 9.17) is 11.6 Å². The Labute approximate surface area is 117 Å². The van der Waals surface area contributed by atoms with E-state index >= 15 is 0 Å². The van der Waals surface area contributed by atoms with Crippen molar-refractivity contribution in [2.75, 3.05) is 0 Å². The molecule has 2 aromatic heterocycles. The molecule has 16 heavy (non-hydrogen) atoms. The Morgan fingerprint density at radius 3 is 2.69 bits per heavy atom. The standard InChI is InChI=1S/C11H11BrClNS2/c1-7(9-3-4-10(12)16-9)14-6-8-2-5-11(13)15-8/h2-5,7,14H,6H2,1H3. The van der Waals surface area contributed by atoms with Crippen LogP contribution in [0.4, 0.5) is 0 Å². The number of nitrogens with one attached hydrogen (secondary N) is 1. The molecule has 0 amide bonds. The fraction of sp³-hybridized carbons (Fsp3) is 0.273. The lowest BCUT2D eigenvalue weighted by atomic mass is 10.3. The zero-order valence-electron chi connectivity index (χ0n) is 8.67. The van der Waals surface area contributed by atoms with Crippen LogP contribution in [0.2, 0.25) is 4.34 Å². The highest BCUT2D eigenvalue weighted by molar-refractivity contribution is 9.11. The molecule has 0 aromatic carbocycles. The van der Waals surface area contributed by atoms with Crippen LogP contribution in [0.5, 0.6) is 0 Å². The molecule has 1 unspecified atom stereocenters. The first-order valence-corrected chi connectivity index (χ1v) is 7.68. The molecule has 0 bridgehead atoms. The summed E-state index contributed by atoms with van der Waals surface area (Å²) < 4.78 is 2.03. The molecule has 0 aliphatic heterocycles. The lowest BCUT2D eigenvalue weighted by Crippen LogP contribution is -2.16. The van der Waals surface area contributed by atoms with Gasteiger partial charge in [-0.05, 0) is 47.1 Å². The number of rotatable bonds is 4. The molecule has 5 heteroatoms. The quantitative estimate of drug-likeness (QED) is 0.821. The van der Waals surface area contributed by atoms with E-state index in [9.17, 15) is 0 Å². The van der Waals surface area contributed by atoms with E-state index in [1.807, 2.05) is 6.07 Å². The molecule has 0 aliphatic carbocycles. The summed E-state index contributed by atoms with van der Waals surface area (Å²) in [5.41, 5.74) is 0. The lowest BCUT2D eigenvalue weighted by Gasteiger charge is -2.10. The van der Waals surface area contributed by atoms with Crippen molar-refractivity contribution in [2.24, 2.45) is 0 Å². The van der Waals surface area contributed by atoms with Gasteiger partial charge in [0.25, 0.3) is 0 Å². The number of thiophene rings is 2. The Kier molecular flexibility index (Phi) is 4.44. The average molecular weight is 337 g/mol. The number of halogens is 2. The summed E-state index contributed by atoms with van der Waals surface area (Å²) in [6.07, 6.45) is 0. The molecule has 0 saturated heterocycles. The molecular weight excluding hydrogens is 326 g/mol. The predicted octanol–water partition coefficient (Wildman–Crippen LogP) is 5.08. The van der Waals surface area contributed by atoms with Gasteiger partial charge in [0.1, 0.15) is 0 Å². The highest BCUT2D eigenvalue weighted by atomic mass is 79.9. The minimum Gasteiger partial charge on any atom is -0.305 e. The number of hydrogen-bond acceptors (Lipinski definition) is 3. The Morgan fingerprint density at radius 2 is 2.12 bits per heavy atom. The van der Waals surface area contributed by atoms with E-state index in [-0.39, 0.29) is 0 Å². The van der Waals surface area contributed by atoms with Gasteiger partial charge in [0.05, 0.1) is 8.12 Å². The summed E-state index contributed by atoms with van der Waals surface area (Å²) in [7, 11) is 0. The molecule has 1 atom stereocenters. The van der Waals surface area contributed by atoms with Gasteiger partial charge in [0, 0.05) is 22.3 Å². The van der Waals surface area contributed by atoms with E-state index in [1.54, 1.807) is 22.7 Å². The summed E-state index contributed by atoms with van der Waals surface area (Å²) in [6, 6.07) is 8.61. The van der Waals surface area contributed by atoms with Crippen LogP contribution in [0.15, 0.2) is 28.1 Å². The van der Waals surface area contributed by atoms with E-state index in [0.29, 0.717) is 6.04 Å². The van der Waals surface area contributed by atoms with E-state index in [1.165, 1.54) is 13.5 Å². The van der Waals surface area contributed by atoms with Gasteiger partial charge in [0.2, 0.25) is 0 Å². The first kappa shape index (κ1) is 12.6. The second kappa shape index (κ2) is 5.65. The van der Waals surface area contributed by atoms with Crippen molar-refractivity contribution >= 4 is 50.2 Å². The molecule has 0 aliphatic rings. The van der Waals surface area contributed by atoms with Gasteiger partial charge < -0.3 is 5.32 Å². The van der Waals surface area contributed by atoms with Crippen molar-refractivity contribution in [1.29, 1.82) is 0 Å². The van der Waals surface area contributed by atoms with Crippen LogP contribution in [0.1, 0.15) is 22.7 Å². The van der Waals surface area contributed by atoms with Gasteiger partial charge in [-0.1, -0.05) is 11.6 Å². The minimum atomic E-state index is 0.372. The van der Waals surface area contributed by atoms with Crippen molar-refractivity contribution in [3.05, 3.63) is 42.1 Å². The normalized spacial score (nSPS) is 12.9. The molecule has 0 saturated carbocycles. The second-order valence-corrected chi connectivity index (χ2v) is 7.74. The third-order valence-corrected chi connectivity index (χ3v) is 5.27. The van der Waals surface area contributed by atoms with Crippen molar-refractivity contribution < 1.29 is 0 Å². The summed E-state index contributed by atoms with van der Waals surface area (Å²) >= 11 is 12.8. The first-order chi connectivity index (χ1) is 7.65. The van der Waals surface area contributed by atoms with Crippen molar-refractivity contribution in [3.8, 4) is 0 Å². The molecule has 1 N–H and O–H groups in total. The largest absolute Gasteiger partial charge is 0.305 e. The SMILES string of the molecule is CC(NCc1ccc(Cl)s1)c1ccc(Br)s1. The molecular formula is C11H11BrClNS2. The van der Waals surface area contributed by atoms with Gasteiger partial charge in [-0.2, -0.15) is 0 Å². The summed E-state index contributed by atoms with van der Waals surface area (Å²) in [5.74, 6) is 0. The molecule has 2 heterocycles. The summed E-state index contributed by atoms with van der Waals surface area (Å²) in [4.78, 5) is 2.61. The van der Waals surface area contributed by atoms with E-state index < -0.39 is 0 Å². The van der Waals surface area contributed by atoms with Crippen LogP contribution in [-0.4, -0.2) is 0 Å². The van der Waals surface area contributed by atoms with Crippen LogP contribution < -0.4 is 5.32 Å². The summed E-state index contributed by atoms with van der Waals surface area (Å²) in [6.45, 7) is 3.04. The smallest absolute Gasteiger partial charge is 0.0931 e. The Hall–Kier alpha value is 0.130. The van der Waals surface area contributed by atoms with Crippen molar-refractivity contribution in [2.45, 2.75) is 19.5 Å². The highest BCUT2D eigenvalue weighted by Gasteiger charge is 2.08. The number of hydrogen-bond donors (Lipinski definition) is 1. The zero-order valence-corrected chi connectivity index (χ0v) is 12.6. The molecule has 1 nitrogen and oxygen atoms in total. The Balaban J connectivity index is 1.91. The lowest BCUT2D eigenvalue weighted by molar-refractivity contribution is 0.587. The van der Waals surface area contributed by atoms with E-state index in [0.717, 1.165) is 10.9 Å². The maximum absolute atomic E-state index is 5.88. The molecule has 2 rings (SSSR count). The van der Waals surface area contributed by atoms with Gasteiger partial charge in [0.15, 0.2) is 0 Å². The molecule has 0 fully saturated rings. The van der Waals surface area contributed by atoms with Gasteiger partial charge in [-0.3, -0.25) is 0 Å². The van der Waals surface area contributed by atoms with Crippen LogP contribution in [-0.2, 0) is 6.54 Å². The maximum atomic E-state index is 5.88.